The number of aromatic hydroxyl groups is 3. The number of aliphatic hydroxyl groups excluding tert-OH is 6. The van der Waals surface area contributed by atoms with E-state index in [2.05, 4.69) is 52.6 Å². The molecule has 580 valence electrons. The number of aliphatic hydroxyl groups is 6. The van der Waals surface area contributed by atoms with E-state index < -0.39 is 226 Å². The van der Waals surface area contributed by atoms with Crippen molar-refractivity contribution in [3.8, 4) is 57.1 Å². The summed E-state index contributed by atoms with van der Waals surface area (Å²) in [4.78, 5) is 122. The Hall–Kier alpha value is -9.89. The van der Waals surface area contributed by atoms with Crippen LogP contribution in [0.1, 0.15) is 118 Å². The van der Waals surface area contributed by atoms with Crippen LogP contribution in [-0.4, -0.2) is 199 Å². The minimum atomic E-state index is -2.35. The van der Waals surface area contributed by atoms with Crippen LogP contribution in [0.2, 0.25) is 10.0 Å². The average Bonchev–Trinajstić information content (AvgIpc) is 0.775. The number of primary amides is 1. The summed E-state index contributed by atoms with van der Waals surface area (Å²) in [5.41, 5.74) is 17.3. The number of hydrogen-bond donors (Lipinski definition) is 19. The molecular weight excluding hydrogens is 1460 g/mol. The number of azide groups is 1. The Morgan fingerprint density at radius 2 is 1.38 bits per heavy atom. The molecule has 0 saturated carbocycles. The number of rotatable bonds is 18. The third-order valence-electron chi connectivity index (χ3n) is 18.8. The molecule has 8 amide bonds. The zero-order chi connectivity index (χ0) is 78.5. The molecule has 12 rings (SSSR count). The highest BCUT2D eigenvalue weighted by Crippen LogP contribution is 2.50. The van der Waals surface area contributed by atoms with E-state index in [0.717, 1.165) is 60.7 Å². The Balaban J connectivity index is 1.22. The van der Waals surface area contributed by atoms with E-state index in [-0.39, 0.29) is 83.5 Å². The molecule has 0 aromatic heterocycles. The highest BCUT2D eigenvalue weighted by Gasteiger charge is 2.52. The monoisotopic (exact) mass is 1540 g/mol. The fourth-order valence-corrected chi connectivity index (χ4v) is 13.6. The molecule has 18 atom stereocenters. The van der Waals surface area contributed by atoms with Gasteiger partial charge >= 0.3 is 0 Å². The fourth-order valence-electron chi connectivity index (χ4n) is 13.2. The zero-order valence-corrected chi connectivity index (χ0v) is 60.1. The second-order valence-corrected chi connectivity index (χ2v) is 28.1. The molecule has 21 N–H and O–H groups in total. The summed E-state index contributed by atoms with van der Waals surface area (Å²) in [6.07, 6.45) is -18.1. The number of carbonyl (C=O) groups excluding carboxylic acids is 8. The van der Waals surface area contributed by atoms with Crippen molar-refractivity contribution in [2.24, 2.45) is 22.5 Å². The Kier molecular flexibility index (Phi) is 25.5. The number of carbonyl (C=O) groups is 8. The number of benzene rings is 5. The highest BCUT2D eigenvalue weighted by molar-refractivity contribution is 6.32. The van der Waals surface area contributed by atoms with Gasteiger partial charge in [0.1, 0.15) is 95.5 Å². The summed E-state index contributed by atoms with van der Waals surface area (Å²) in [5, 5.41) is 128. The van der Waals surface area contributed by atoms with Crippen LogP contribution >= 0.6 is 23.2 Å². The van der Waals surface area contributed by atoms with Gasteiger partial charge in [0.2, 0.25) is 59.3 Å². The van der Waals surface area contributed by atoms with Crippen molar-refractivity contribution < 1.29 is 113 Å². The number of unbranched alkanes of at least 4 members (excludes halogenated alkanes) is 1. The van der Waals surface area contributed by atoms with Crippen molar-refractivity contribution in [3.05, 3.63) is 127 Å². The first-order chi connectivity index (χ1) is 51.2. The van der Waals surface area contributed by atoms with Gasteiger partial charge < -0.3 is 128 Å². The number of hydrogen-bond acceptors (Lipinski definition) is 26. The first-order valence-electron chi connectivity index (χ1n) is 34.2. The summed E-state index contributed by atoms with van der Waals surface area (Å²) in [6, 6.07) is 0.0780. The Labute approximate surface area is 625 Å². The number of nitrogens with one attached hydrogen (secondary N) is 8. The summed E-state index contributed by atoms with van der Waals surface area (Å²) in [7, 11) is 1.48. The number of nitrogens with zero attached hydrogens (tertiary/aromatic N) is 3. The molecule has 36 nitrogen and oxygen atoms in total. The smallest absolute Gasteiger partial charge is 0.248 e. The van der Waals surface area contributed by atoms with Gasteiger partial charge in [-0.15, -0.1) is 0 Å². The van der Waals surface area contributed by atoms with Crippen molar-refractivity contribution in [2.75, 3.05) is 26.7 Å². The SMILES string of the molecule is CN[C@H](CC(C)C)C(=O)N[C@H]1C(=O)N[C@@H](CC(N)=O)C(=O)N[C@H]2C(=O)N[C@H]3C(=O)N[C@H](C(=O)N[C@H](C(=O)NCCCCN=[N+]=[N-])c4cc(O)cc(O)c4-c4cc3ccc4O)[C@H](O)c3ccc(c(Cl)c3)Oc3cc2cc(c3O[C@@H]2O[C@H](CO)[C@@H](O)[C@H](O)[C@H]2O[C@H]2C[C@](C)(N)[C@H](O)[C@H](C)O2)Oc2ccc(cc2Cl)[C@H]1O. The number of amides is 8. The lowest BCUT2D eigenvalue weighted by Gasteiger charge is -2.47. The Bertz CT molecular complexity index is 4320. The van der Waals surface area contributed by atoms with E-state index in [0.29, 0.717) is 0 Å². The van der Waals surface area contributed by atoms with Crippen LogP contribution in [0.3, 0.4) is 0 Å². The lowest BCUT2D eigenvalue weighted by molar-refractivity contribution is -0.333. The topological polar surface area (TPSA) is 571 Å². The number of ether oxygens (including phenoxy) is 6. The van der Waals surface area contributed by atoms with Crippen molar-refractivity contribution in [1.29, 1.82) is 0 Å². The van der Waals surface area contributed by atoms with Crippen molar-refractivity contribution in [3.63, 3.8) is 0 Å². The fraction of sp³-hybridized carbons (Fsp3) is 0.457. The van der Waals surface area contributed by atoms with E-state index in [1.54, 1.807) is 0 Å². The predicted molar refractivity (Wildman–Crippen MR) is 378 cm³/mol. The average molecular weight is 1550 g/mol. The van der Waals surface area contributed by atoms with Gasteiger partial charge in [-0.05, 0) is 134 Å². The maximum atomic E-state index is 16.2. The van der Waals surface area contributed by atoms with Crippen LogP contribution in [0.25, 0.3) is 21.6 Å². The maximum Gasteiger partial charge on any atom is 0.248 e. The third-order valence-corrected chi connectivity index (χ3v) is 19.4. The molecule has 0 spiro atoms. The summed E-state index contributed by atoms with van der Waals surface area (Å²) in [6.45, 7) is 5.60. The van der Waals surface area contributed by atoms with Gasteiger partial charge in [-0.3, -0.25) is 38.4 Å². The van der Waals surface area contributed by atoms with Crippen LogP contribution in [-0.2, 0) is 52.6 Å². The summed E-state index contributed by atoms with van der Waals surface area (Å²) < 4.78 is 38.5. The van der Waals surface area contributed by atoms with Gasteiger partial charge in [0, 0.05) is 47.2 Å². The largest absolute Gasteiger partial charge is 0.508 e. The molecular formula is C70H83Cl2N13O23. The van der Waals surface area contributed by atoms with Crippen molar-refractivity contribution in [2.45, 2.75) is 169 Å². The van der Waals surface area contributed by atoms with Crippen LogP contribution in [0, 0.1) is 5.92 Å². The van der Waals surface area contributed by atoms with Crippen molar-refractivity contribution in [1.82, 2.24) is 42.5 Å². The molecule has 7 heterocycles. The maximum absolute atomic E-state index is 16.2. The number of nitrogens with two attached hydrogens (primary N) is 2. The minimum absolute atomic E-state index is 0.0455. The van der Waals surface area contributed by atoms with Crippen LogP contribution in [0.5, 0.6) is 46.0 Å². The standard InChI is InChI=1S/C70H83Cl2N13O23/c1-27(2)16-38(76-5)62(96)83-53-55(91)30-9-12-42(36(71)18-30)104-44-20-32-21-45(59(44)108-69-60(58(94)57(93)46(26-86)106-69)107-48-25-70(4,74)61(95)28(3)103-48)105-43-13-10-31(19-37(43)72)56(92)54-68(102)82-52(64(98)77-14-6-7-15-78-85-75)35-22-33(87)23-41(89)49(35)34-17-29(8-11-40(34)88)50(65(99)84-54)81-66(100)51(32)80-63(97)39(24-47(73)90)79-67(53)101/h8-13,17-23,27-28,38-39,46,48,50-58,60-61,69,76,86-89,91-95H,6-7,14-16,24-26,74H2,1-5H3,(H2,73,90)(H,77,98)(H,79,101)(H,80,97)(H,81,100)(H,82,102)(H,83,96)(H,84,99)/t28-,38+,39-,46+,48-,50+,51+,52-,53+,54-,55+,56+,57+,58-,60+,61+,69-,70-/m0/s1. The Morgan fingerprint density at radius 3 is 1.99 bits per heavy atom. The normalized spacial score (nSPS) is 28.2. The molecule has 38 heteroatoms. The number of phenolic OH excluding ortho intramolecular Hbond substituents is 3. The van der Waals surface area contributed by atoms with Gasteiger partial charge in [0.15, 0.2) is 23.9 Å². The molecule has 5 aromatic carbocycles. The van der Waals surface area contributed by atoms with Crippen LogP contribution in [0.15, 0.2) is 84.0 Å². The highest BCUT2D eigenvalue weighted by atomic mass is 35.5. The number of likely N-dealkylation sites (N-methyl/N-ethyl adjacent to an activating group) is 1. The molecule has 0 radical (unpaired) electrons. The zero-order valence-electron chi connectivity index (χ0n) is 58.5. The predicted octanol–water partition coefficient (Wildman–Crippen LogP) is 1.23. The molecule has 108 heavy (non-hydrogen) atoms. The van der Waals surface area contributed by atoms with Crippen LogP contribution < -0.4 is 68.2 Å². The summed E-state index contributed by atoms with van der Waals surface area (Å²) >= 11 is 14.2. The molecule has 11 bridgehead atoms. The van der Waals surface area contributed by atoms with Crippen LogP contribution in [0.4, 0.5) is 0 Å². The molecule has 0 aliphatic carbocycles. The van der Waals surface area contributed by atoms with E-state index in [1.165, 1.54) is 39.1 Å². The molecule has 5 aromatic rings. The number of fused-ring (bicyclic) bond motifs is 15. The first-order valence-corrected chi connectivity index (χ1v) is 35.0. The molecule has 7 aliphatic rings. The molecule has 2 fully saturated rings. The van der Waals surface area contributed by atoms with Gasteiger partial charge in [0.05, 0.1) is 41.3 Å². The van der Waals surface area contributed by atoms with Gasteiger partial charge in [-0.25, -0.2) is 0 Å². The molecule has 7 aliphatic heterocycles. The molecule has 0 unspecified atom stereocenters. The van der Waals surface area contributed by atoms with E-state index in [9.17, 15) is 65.1 Å². The lowest BCUT2D eigenvalue weighted by Crippen LogP contribution is -2.64. The van der Waals surface area contributed by atoms with E-state index in [4.69, 9.17) is 68.6 Å². The van der Waals surface area contributed by atoms with Gasteiger partial charge in [-0.2, -0.15) is 0 Å². The Morgan fingerprint density at radius 1 is 0.750 bits per heavy atom. The van der Waals surface area contributed by atoms with Gasteiger partial charge in [-0.1, -0.05) is 60.4 Å². The second-order valence-electron chi connectivity index (χ2n) is 27.3. The molecule has 2 saturated heterocycles. The number of phenols is 3. The van der Waals surface area contributed by atoms with Crippen molar-refractivity contribution >= 4 is 70.5 Å². The van der Waals surface area contributed by atoms with E-state index in [1.807, 2.05) is 13.8 Å². The number of halogens is 2. The minimum Gasteiger partial charge on any atom is -0.508 e. The third kappa shape index (κ3) is 17.9. The first kappa shape index (κ1) is 80.6. The van der Waals surface area contributed by atoms with Gasteiger partial charge in [0.25, 0.3) is 0 Å². The summed E-state index contributed by atoms with van der Waals surface area (Å²) in [5.74, 6) is -14.9. The lowest BCUT2D eigenvalue weighted by atomic mass is 9.86. The quantitative estimate of drug-likeness (QED) is 0.0254. The van der Waals surface area contributed by atoms with E-state index >= 15 is 19.2 Å². The second kappa shape index (κ2) is 34.1.